The molecule has 0 fully saturated rings. The number of nitrogens with zero attached hydrogens (tertiary/aromatic N) is 5. The molecule has 0 radical (unpaired) electrons. The Morgan fingerprint density at radius 3 is 3.14 bits per heavy atom. The molecule has 0 atom stereocenters. The van der Waals surface area contributed by atoms with Gasteiger partial charge in [-0.25, -0.2) is 4.98 Å². The molecule has 0 aliphatic carbocycles. The Morgan fingerprint density at radius 1 is 1.71 bits per heavy atom. The Labute approximate surface area is 84.7 Å². The van der Waals surface area contributed by atoms with E-state index >= 15 is 0 Å². The summed E-state index contributed by atoms with van der Waals surface area (Å²) in [4.78, 5) is 9.96. The lowest BCUT2D eigenvalue weighted by molar-refractivity contribution is 1.17. The number of halogens is 1. The molecule has 0 saturated carbocycles. The van der Waals surface area contributed by atoms with Crippen LogP contribution in [0.15, 0.2) is 11.3 Å². The van der Waals surface area contributed by atoms with E-state index in [0.29, 0.717) is 5.56 Å². The SMILES string of the molecule is [N-]=[N+]=NCC#Cc1cnc(N)nc1Cl. The number of azide groups is 1. The largest absolute Gasteiger partial charge is 0.368 e. The second-order valence-corrected chi connectivity index (χ2v) is 2.48. The summed E-state index contributed by atoms with van der Waals surface area (Å²) in [5, 5.41) is 3.42. The molecular weight excluding hydrogens is 204 g/mol. The fourth-order valence-electron chi connectivity index (χ4n) is 0.659. The van der Waals surface area contributed by atoms with Crippen LogP contribution in [0.2, 0.25) is 5.15 Å². The van der Waals surface area contributed by atoms with E-state index in [2.05, 4.69) is 31.8 Å². The maximum atomic E-state index is 7.98. The molecule has 0 bridgehead atoms. The van der Waals surface area contributed by atoms with Crippen molar-refractivity contribution < 1.29 is 0 Å². The van der Waals surface area contributed by atoms with Gasteiger partial charge in [0.2, 0.25) is 5.95 Å². The van der Waals surface area contributed by atoms with Gasteiger partial charge in [-0.05, 0) is 5.53 Å². The van der Waals surface area contributed by atoms with Crippen molar-refractivity contribution in [2.75, 3.05) is 12.3 Å². The molecule has 0 unspecified atom stereocenters. The van der Waals surface area contributed by atoms with Gasteiger partial charge in [-0.3, -0.25) is 0 Å². The van der Waals surface area contributed by atoms with Gasteiger partial charge in [0.25, 0.3) is 0 Å². The van der Waals surface area contributed by atoms with E-state index in [4.69, 9.17) is 22.9 Å². The average molecular weight is 209 g/mol. The van der Waals surface area contributed by atoms with Crippen molar-refractivity contribution in [1.29, 1.82) is 0 Å². The van der Waals surface area contributed by atoms with Crippen molar-refractivity contribution in [3.63, 3.8) is 0 Å². The first-order chi connectivity index (χ1) is 6.74. The van der Waals surface area contributed by atoms with Crippen LogP contribution in [-0.2, 0) is 0 Å². The highest BCUT2D eigenvalue weighted by atomic mass is 35.5. The molecule has 0 aliphatic heterocycles. The zero-order valence-corrected chi connectivity index (χ0v) is 7.73. The second-order valence-electron chi connectivity index (χ2n) is 2.12. The Bertz CT molecular complexity index is 439. The predicted octanol–water partition coefficient (Wildman–Crippen LogP) is 1.37. The van der Waals surface area contributed by atoms with Crippen LogP contribution in [0.4, 0.5) is 5.95 Å². The monoisotopic (exact) mass is 208 g/mol. The second kappa shape index (κ2) is 4.92. The summed E-state index contributed by atoms with van der Waals surface area (Å²) in [5.41, 5.74) is 13.7. The normalized spacial score (nSPS) is 8.36. The minimum atomic E-state index is 0.0806. The van der Waals surface area contributed by atoms with Gasteiger partial charge in [-0.2, -0.15) is 4.98 Å². The minimum absolute atomic E-state index is 0.0806. The Balaban J connectivity index is 2.84. The maximum absolute atomic E-state index is 7.98. The van der Waals surface area contributed by atoms with E-state index in [0.717, 1.165) is 0 Å². The van der Waals surface area contributed by atoms with Gasteiger partial charge in [-0.1, -0.05) is 28.6 Å². The molecule has 0 amide bonds. The maximum Gasteiger partial charge on any atom is 0.221 e. The first kappa shape index (κ1) is 10.1. The van der Waals surface area contributed by atoms with Crippen molar-refractivity contribution in [2.24, 2.45) is 5.11 Å². The van der Waals surface area contributed by atoms with Crippen molar-refractivity contribution in [3.8, 4) is 11.8 Å². The number of aromatic nitrogens is 2. The summed E-state index contributed by atoms with van der Waals surface area (Å²) in [6.07, 6.45) is 1.41. The fourth-order valence-corrected chi connectivity index (χ4v) is 0.842. The molecule has 0 aromatic carbocycles. The highest BCUT2D eigenvalue weighted by Crippen LogP contribution is 2.10. The van der Waals surface area contributed by atoms with E-state index in [1.165, 1.54) is 6.20 Å². The van der Waals surface area contributed by atoms with Gasteiger partial charge in [-0.15, -0.1) is 0 Å². The van der Waals surface area contributed by atoms with Crippen LogP contribution >= 0.6 is 11.6 Å². The van der Waals surface area contributed by atoms with E-state index in [-0.39, 0.29) is 17.6 Å². The van der Waals surface area contributed by atoms with Crippen LogP contribution in [0.1, 0.15) is 5.56 Å². The van der Waals surface area contributed by atoms with Gasteiger partial charge in [0.15, 0.2) is 0 Å². The third kappa shape index (κ3) is 2.83. The number of nitrogens with two attached hydrogens (primary N) is 1. The summed E-state index contributed by atoms with van der Waals surface area (Å²) in [6, 6.07) is 0. The molecule has 1 aromatic rings. The first-order valence-electron chi connectivity index (χ1n) is 3.52. The molecular formula is C7H5ClN6. The van der Waals surface area contributed by atoms with Gasteiger partial charge in [0.1, 0.15) is 5.15 Å². The number of hydrogen-bond donors (Lipinski definition) is 1. The number of hydrogen-bond acceptors (Lipinski definition) is 4. The summed E-state index contributed by atoms with van der Waals surface area (Å²) in [7, 11) is 0. The zero-order valence-electron chi connectivity index (χ0n) is 6.98. The molecule has 6 nitrogen and oxygen atoms in total. The molecule has 2 N–H and O–H groups in total. The van der Waals surface area contributed by atoms with Crippen LogP contribution in [0.3, 0.4) is 0 Å². The van der Waals surface area contributed by atoms with E-state index in [9.17, 15) is 0 Å². The molecule has 0 saturated heterocycles. The van der Waals surface area contributed by atoms with Crippen LogP contribution in [0.5, 0.6) is 0 Å². The lowest BCUT2D eigenvalue weighted by atomic mass is 10.3. The quantitative estimate of drug-likeness (QED) is 0.248. The van der Waals surface area contributed by atoms with Crippen LogP contribution in [0, 0.1) is 11.8 Å². The molecule has 7 heteroatoms. The summed E-state index contributed by atoms with van der Waals surface area (Å²) >= 11 is 5.71. The van der Waals surface area contributed by atoms with Crippen molar-refractivity contribution in [2.45, 2.75) is 0 Å². The molecule has 1 rings (SSSR count). The lowest BCUT2D eigenvalue weighted by Gasteiger charge is -1.94. The highest BCUT2D eigenvalue weighted by molar-refractivity contribution is 6.30. The summed E-state index contributed by atoms with van der Waals surface area (Å²) in [5.74, 6) is 5.33. The summed E-state index contributed by atoms with van der Waals surface area (Å²) < 4.78 is 0. The Kier molecular flexibility index (Phi) is 3.56. The molecule has 0 spiro atoms. The highest BCUT2D eigenvalue weighted by Gasteiger charge is 1.98. The molecule has 1 heterocycles. The molecule has 0 aliphatic rings. The topological polar surface area (TPSA) is 101 Å². The van der Waals surface area contributed by atoms with E-state index in [1.807, 2.05) is 0 Å². The van der Waals surface area contributed by atoms with Crippen molar-refractivity contribution >= 4 is 17.5 Å². The third-order valence-corrected chi connectivity index (χ3v) is 1.49. The van der Waals surface area contributed by atoms with Crippen molar-refractivity contribution in [3.05, 3.63) is 27.4 Å². The van der Waals surface area contributed by atoms with Gasteiger partial charge >= 0.3 is 0 Å². The smallest absolute Gasteiger partial charge is 0.221 e. The first-order valence-corrected chi connectivity index (χ1v) is 3.89. The van der Waals surface area contributed by atoms with Gasteiger partial charge in [0, 0.05) is 11.1 Å². The van der Waals surface area contributed by atoms with E-state index < -0.39 is 0 Å². The molecule has 1 aromatic heterocycles. The standard InChI is InChI=1S/C7H5ClN6/c8-6-5(2-1-3-12-14-10)4-11-7(9)13-6/h4H,3H2,(H2,9,11,13). The predicted molar refractivity (Wildman–Crippen MR) is 52.3 cm³/mol. The van der Waals surface area contributed by atoms with Crippen LogP contribution in [-0.4, -0.2) is 16.5 Å². The number of nitrogen functional groups attached to an aromatic ring is 1. The molecule has 70 valence electrons. The number of rotatable bonds is 1. The van der Waals surface area contributed by atoms with Crippen LogP contribution in [0.25, 0.3) is 10.4 Å². The zero-order chi connectivity index (χ0) is 10.4. The minimum Gasteiger partial charge on any atom is -0.368 e. The Hall–Kier alpha value is -1.96. The van der Waals surface area contributed by atoms with Gasteiger partial charge in [0.05, 0.1) is 12.1 Å². The number of anilines is 1. The fraction of sp³-hybridized carbons (Fsp3) is 0.143. The lowest BCUT2D eigenvalue weighted by Crippen LogP contribution is -1.95. The Morgan fingerprint density at radius 2 is 2.50 bits per heavy atom. The third-order valence-electron chi connectivity index (χ3n) is 1.20. The summed E-state index contributed by atoms with van der Waals surface area (Å²) in [6.45, 7) is 0.0806. The molecule has 14 heavy (non-hydrogen) atoms. The van der Waals surface area contributed by atoms with Crippen LogP contribution < -0.4 is 5.73 Å². The van der Waals surface area contributed by atoms with Crippen molar-refractivity contribution in [1.82, 2.24) is 9.97 Å². The van der Waals surface area contributed by atoms with E-state index in [1.54, 1.807) is 0 Å². The average Bonchev–Trinajstić information content (AvgIpc) is 2.15. The van der Waals surface area contributed by atoms with Gasteiger partial charge < -0.3 is 5.73 Å².